The van der Waals surface area contributed by atoms with Gasteiger partial charge in [0.1, 0.15) is 5.76 Å². The standard InChI is InChI=1S/C10H15NO/c1-11-10(8-4-2-5-8)9-6-3-7-12-9/h3,6-8,10-11H,2,4-5H2,1H3. The molecule has 2 rings (SSSR count). The van der Waals surface area contributed by atoms with E-state index in [2.05, 4.69) is 11.4 Å². The Morgan fingerprint density at radius 1 is 1.58 bits per heavy atom. The third-order valence-electron chi connectivity index (χ3n) is 2.78. The van der Waals surface area contributed by atoms with E-state index in [1.54, 1.807) is 6.26 Å². The molecule has 2 heteroatoms. The smallest absolute Gasteiger partial charge is 0.120 e. The Hall–Kier alpha value is -0.760. The first-order chi connectivity index (χ1) is 5.92. The molecule has 0 bridgehead atoms. The van der Waals surface area contributed by atoms with Crippen molar-refractivity contribution < 1.29 is 4.42 Å². The Kier molecular flexibility index (Phi) is 2.17. The molecular formula is C10H15NO. The summed E-state index contributed by atoms with van der Waals surface area (Å²) >= 11 is 0. The van der Waals surface area contributed by atoms with E-state index in [1.807, 2.05) is 13.1 Å². The van der Waals surface area contributed by atoms with Crippen molar-refractivity contribution in [3.63, 3.8) is 0 Å². The zero-order valence-corrected chi connectivity index (χ0v) is 7.42. The number of rotatable bonds is 3. The van der Waals surface area contributed by atoms with Crippen LogP contribution in [-0.2, 0) is 0 Å². The highest BCUT2D eigenvalue weighted by molar-refractivity contribution is 5.06. The fourth-order valence-electron chi connectivity index (χ4n) is 1.85. The second kappa shape index (κ2) is 3.31. The molecule has 1 N–H and O–H groups in total. The van der Waals surface area contributed by atoms with Crippen LogP contribution in [-0.4, -0.2) is 7.05 Å². The van der Waals surface area contributed by atoms with Crippen LogP contribution < -0.4 is 5.32 Å². The zero-order chi connectivity index (χ0) is 8.39. The highest BCUT2D eigenvalue weighted by Crippen LogP contribution is 2.37. The molecule has 0 aromatic carbocycles. The third kappa shape index (κ3) is 1.27. The summed E-state index contributed by atoms with van der Waals surface area (Å²) in [7, 11) is 2.01. The van der Waals surface area contributed by atoms with Gasteiger partial charge < -0.3 is 9.73 Å². The Morgan fingerprint density at radius 3 is 2.83 bits per heavy atom. The van der Waals surface area contributed by atoms with Crippen molar-refractivity contribution in [2.45, 2.75) is 25.3 Å². The maximum absolute atomic E-state index is 5.38. The van der Waals surface area contributed by atoms with Crippen molar-refractivity contribution in [3.8, 4) is 0 Å². The van der Waals surface area contributed by atoms with Gasteiger partial charge in [0, 0.05) is 0 Å². The van der Waals surface area contributed by atoms with Gasteiger partial charge in [-0.1, -0.05) is 6.42 Å². The highest BCUT2D eigenvalue weighted by atomic mass is 16.3. The molecule has 0 radical (unpaired) electrons. The number of hydrogen-bond donors (Lipinski definition) is 1. The molecule has 1 aromatic heterocycles. The van der Waals surface area contributed by atoms with Crippen molar-refractivity contribution >= 4 is 0 Å². The van der Waals surface area contributed by atoms with Crippen LogP contribution in [0.3, 0.4) is 0 Å². The Labute approximate surface area is 73.0 Å². The third-order valence-corrected chi connectivity index (χ3v) is 2.78. The fourth-order valence-corrected chi connectivity index (χ4v) is 1.85. The van der Waals surface area contributed by atoms with Gasteiger partial charge in [-0.15, -0.1) is 0 Å². The Balaban J connectivity index is 2.07. The molecule has 0 aliphatic heterocycles. The molecular weight excluding hydrogens is 150 g/mol. The summed E-state index contributed by atoms with van der Waals surface area (Å²) in [6, 6.07) is 4.45. The minimum Gasteiger partial charge on any atom is -0.468 e. The molecule has 66 valence electrons. The van der Waals surface area contributed by atoms with Crippen LogP contribution >= 0.6 is 0 Å². The molecule has 1 aliphatic carbocycles. The van der Waals surface area contributed by atoms with Crippen molar-refractivity contribution in [1.82, 2.24) is 5.32 Å². The molecule has 1 saturated carbocycles. The van der Waals surface area contributed by atoms with E-state index >= 15 is 0 Å². The summed E-state index contributed by atoms with van der Waals surface area (Å²) < 4.78 is 5.38. The van der Waals surface area contributed by atoms with E-state index in [0.29, 0.717) is 6.04 Å². The summed E-state index contributed by atoms with van der Waals surface area (Å²) in [6.45, 7) is 0. The molecule has 1 unspecified atom stereocenters. The van der Waals surface area contributed by atoms with Crippen LogP contribution in [0.5, 0.6) is 0 Å². The van der Waals surface area contributed by atoms with Crippen molar-refractivity contribution in [2.24, 2.45) is 5.92 Å². The van der Waals surface area contributed by atoms with Gasteiger partial charge in [-0.3, -0.25) is 0 Å². The lowest BCUT2D eigenvalue weighted by atomic mass is 9.79. The molecule has 0 amide bonds. The highest BCUT2D eigenvalue weighted by Gasteiger charge is 2.28. The van der Waals surface area contributed by atoms with Gasteiger partial charge in [-0.2, -0.15) is 0 Å². The molecule has 1 heterocycles. The molecule has 12 heavy (non-hydrogen) atoms. The van der Waals surface area contributed by atoms with E-state index in [-0.39, 0.29) is 0 Å². The minimum absolute atomic E-state index is 0.439. The zero-order valence-electron chi connectivity index (χ0n) is 7.42. The SMILES string of the molecule is CNC(c1ccco1)C1CCC1. The predicted octanol–water partition coefficient (Wildman–Crippen LogP) is 2.34. The van der Waals surface area contributed by atoms with E-state index in [9.17, 15) is 0 Å². The second-order valence-corrected chi connectivity index (χ2v) is 3.47. The Bertz CT molecular complexity index is 226. The van der Waals surface area contributed by atoms with Crippen LogP contribution in [0.2, 0.25) is 0 Å². The van der Waals surface area contributed by atoms with E-state index in [0.717, 1.165) is 11.7 Å². The van der Waals surface area contributed by atoms with Crippen molar-refractivity contribution in [1.29, 1.82) is 0 Å². The predicted molar refractivity (Wildman–Crippen MR) is 47.8 cm³/mol. The first kappa shape index (κ1) is 7.87. The van der Waals surface area contributed by atoms with Crippen LogP contribution in [0.4, 0.5) is 0 Å². The van der Waals surface area contributed by atoms with Gasteiger partial charge in [-0.25, -0.2) is 0 Å². The molecule has 1 aliphatic rings. The van der Waals surface area contributed by atoms with Gasteiger partial charge in [0.15, 0.2) is 0 Å². The molecule has 0 saturated heterocycles. The number of furan rings is 1. The van der Waals surface area contributed by atoms with Crippen LogP contribution in [0.1, 0.15) is 31.1 Å². The monoisotopic (exact) mass is 165 g/mol. The second-order valence-electron chi connectivity index (χ2n) is 3.47. The summed E-state index contributed by atoms with van der Waals surface area (Å²) in [5, 5.41) is 3.31. The fraction of sp³-hybridized carbons (Fsp3) is 0.600. The van der Waals surface area contributed by atoms with E-state index < -0.39 is 0 Å². The summed E-state index contributed by atoms with van der Waals surface area (Å²) in [6.07, 6.45) is 5.81. The van der Waals surface area contributed by atoms with Crippen LogP contribution in [0.15, 0.2) is 22.8 Å². The average Bonchev–Trinajstić information content (AvgIpc) is 2.47. The van der Waals surface area contributed by atoms with Crippen molar-refractivity contribution in [3.05, 3.63) is 24.2 Å². The Morgan fingerprint density at radius 2 is 2.42 bits per heavy atom. The first-order valence-electron chi connectivity index (χ1n) is 4.62. The van der Waals surface area contributed by atoms with E-state index in [1.165, 1.54) is 19.3 Å². The molecule has 1 aromatic rings. The maximum atomic E-state index is 5.38. The number of nitrogens with one attached hydrogen (secondary N) is 1. The molecule has 0 spiro atoms. The van der Waals surface area contributed by atoms with Gasteiger partial charge in [0.25, 0.3) is 0 Å². The first-order valence-corrected chi connectivity index (χ1v) is 4.62. The number of hydrogen-bond acceptors (Lipinski definition) is 2. The molecule has 1 fully saturated rings. The minimum atomic E-state index is 0.439. The van der Waals surface area contributed by atoms with Gasteiger partial charge in [0.05, 0.1) is 12.3 Å². The lowest BCUT2D eigenvalue weighted by molar-refractivity contribution is 0.216. The summed E-state index contributed by atoms with van der Waals surface area (Å²) in [5.74, 6) is 1.88. The van der Waals surface area contributed by atoms with Crippen LogP contribution in [0.25, 0.3) is 0 Å². The van der Waals surface area contributed by atoms with Crippen molar-refractivity contribution in [2.75, 3.05) is 7.05 Å². The topological polar surface area (TPSA) is 25.2 Å². The quantitative estimate of drug-likeness (QED) is 0.743. The van der Waals surface area contributed by atoms with Gasteiger partial charge in [0.2, 0.25) is 0 Å². The summed E-state index contributed by atoms with van der Waals surface area (Å²) in [5.41, 5.74) is 0. The normalized spacial score (nSPS) is 20.4. The van der Waals surface area contributed by atoms with Gasteiger partial charge in [-0.05, 0) is 37.9 Å². The molecule has 1 atom stereocenters. The van der Waals surface area contributed by atoms with Gasteiger partial charge >= 0.3 is 0 Å². The summed E-state index contributed by atoms with van der Waals surface area (Å²) in [4.78, 5) is 0. The van der Waals surface area contributed by atoms with E-state index in [4.69, 9.17) is 4.42 Å². The van der Waals surface area contributed by atoms with Crippen LogP contribution in [0, 0.1) is 5.92 Å². The largest absolute Gasteiger partial charge is 0.468 e. The average molecular weight is 165 g/mol. The lowest BCUT2D eigenvalue weighted by Crippen LogP contribution is -2.29. The molecule has 2 nitrogen and oxygen atoms in total. The maximum Gasteiger partial charge on any atom is 0.120 e. The lowest BCUT2D eigenvalue weighted by Gasteiger charge is -2.32.